The lowest BCUT2D eigenvalue weighted by molar-refractivity contribution is -0.114. The van der Waals surface area contributed by atoms with Crippen LogP contribution in [0.25, 0.3) is 17.4 Å². The molecule has 1 amide bonds. The molecule has 0 atom stereocenters. The molecule has 2 aromatic rings. The Kier molecular flexibility index (Phi) is 5.46. The van der Waals surface area contributed by atoms with Gasteiger partial charge in [-0.15, -0.1) is 0 Å². The molecule has 164 valence electrons. The maximum absolute atomic E-state index is 12.9. The maximum atomic E-state index is 12.9. The van der Waals surface area contributed by atoms with E-state index in [0.717, 1.165) is 0 Å². The van der Waals surface area contributed by atoms with E-state index >= 15 is 0 Å². The SMILES string of the molecule is CCOC(=O)c1ccc(-c2ccc(/C=C3\C(=N)N4N=C(C(F)(F)F)SC4=NC3=O)o2)cc1. The number of aliphatic imine (C=N–C) groups is 1. The van der Waals surface area contributed by atoms with E-state index in [1.807, 2.05) is 0 Å². The second-order valence-corrected chi connectivity index (χ2v) is 7.38. The number of amides is 1. The van der Waals surface area contributed by atoms with Crippen molar-refractivity contribution in [1.29, 1.82) is 5.41 Å². The lowest BCUT2D eigenvalue weighted by Gasteiger charge is -2.19. The second kappa shape index (κ2) is 8.11. The summed E-state index contributed by atoms with van der Waals surface area (Å²) in [6.07, 6.45) is -3.50. The Balaban J connectivity index is 1.57. The molecule has 0 aliphatic carbocycles. The van der Waals surface area contributed by atoms with Crippen LogP contribution in [0, 0.1) is 5.41 Å². The summed E-state index contributed by atoms with van der Waals surface area (Å²) in [5.41, 5.74) is 0.755. The van der Waals surface area contributed by atoms with Crippen molar-refractivity contribution in [1.82, 2.24) is 5.01 Å². The molecule has 1 aromatic heterocycles. The number of hydrogen-bond acceptors (Lipinski definition) is 7. The van der Waals surface area contributed by atoms with Gasteiger partial charge >= 0.3 is 12.1 Å². The maximum Gasteiger partial charge on any atom is 0.441 e. The van der Waals surface area contributed by atoms with Crippen LogP contribution in [-0.2, 0) is 9.53 Å². The average molecular weight is 462 g/mol. The molecule has 2 aliphatic heterocycles. The number of rotatable bonds is 4. The minimum Gasteiger partial charge on any atom is -0.462 e. The summed E-state index contributed by atoms with van der Waals surface area (Å²) in [6.45, 7) is 1.97. The number of benzene rings is 1. The molecule has 0 radical (unpaired) electrons. The van der Waals surface area contributed by atoms with Gasteiger partial charge in [0, 0.05) is 5.56 Å². The Morgan fingerprint density at radius 2 is 1.97 bits per heavy atom. The van der Waals surface area contributed by atoms with Gasteiger partial charge in [-0.25, -0.2) is 4.79 Å². The van der Waals surface area contributed by atoms with Gasteiger partial charge in [-0.3, -0.25) is 10.2 Å². The van der Waals surface area contributed by atoms with Crippen molar-refractivity contribution < 1.29 is 31.9 Å². The highest BCUT2D eigenvalue weighted by atomic mass is 32.2. The summed E-state index contributed by atoms with van der Waals surface area (Å²) in [5.74, 6) is -1.25. The minimum atomic E-state index is -4.71. The van der Waals surface area contributed by atoms with Crippen LogP contribution >= 0.6 is 11.8 Å². The number of nitrogens with zero attached hydrogens (tertiary/aromatic N) is 3. The van der Waals surface area contributed by atoms with Gasteiger partial charge in [-0.2, -0.15) is 28.3 Å². The van der Waals surface area contributed by atoms with Gasteiger partial charge in [-0.1, -0.05) is 12.1 Å². The molecule has 8 nitrogen and oxygen atoms in total. The van der Waals surface area contributed by atoms with E-state index in [9.17, 15) is 22.8 Å². The quantitative estimate of drug-likeness (QED) is 0.536. The number of carbonyl (C=O) groups excluding carboxylic acids is 2. The van der Waals surface area contributed by atoms with E-state index < -0.39 is 28.9 Å². The third-order valence-electron chi connectivity index (χ3n) is 4.29. The topological polar surface area (TPSA) is 108 Å². The molecule has 0 saturated carbocycles. The summed E-state index contributed by atoms with van der Waals surface area (Å²) in [7, 11) is 0. The van der Waals surface area contributed by atoms with Crippen molar-refractivity contribution in [3.63, 3.8) is 0 Å². The number of fused-ring (bicyclic) bond motifs is 1. The fourth-order valence-corrected chi connectivity index (χ4v) is 3.58. The number of hydrazone groups is 1. The molecule has 0 fully saturated rings. The first-order valence-electron chi connectivity index (χ1n) is 9.12. The molecule has 1 N–H and O–H groups in total. The van der Waals surface area contributed by atoms with Gasteiger partial charge in [0.15, 0.2) is 5.84 Å². The smallest absolute Gasteiger partial charge is 0.441 e. The zero-order valence-corrected chi connectivity index (χ0v) is 17.1. The van der Waals surface area contributed by atoms with Crippen LogP contribution in [0.5, 0.6) is 0 Å². The van der Waals surface area contributed by atoms with Gasteiger partial charge < -0.3 is 9.15 Å². The highest BCUT2D eigenvalue weighted by Gasteiger charge is 2.46. The van der Waals surface area contributed by atoms with Crippen LogP contribution in [0.1, 0.15) is 23.0 Å². The summed E-state index contributed by atoms with van der Waals surface area (Å²) in [5, 5.41) is 10.6. The largest absolute Gasteiger partial charge is 0.462 e. The van der Waals surface area contributed by atoms with Gasteiger partial charge in [0.2, 0.25) is 10.2 Å². The Bertz CT molecular complexity index is 1210. The van der Waals surface area contributed by atoms with Crippen LogP contribution in [0.15, 0.2) is 56.5 Å². The van der Waals surface area contributed by atoms with Gasteiger partial charge in [0.1, 0.15) is 11.5 Å². The normalized spacial score (nSPS) is 17.4. The van der Waals surface area contributed by atoms with Crippen molar-refractivity contribution in [2.45, 2.75) is 13.1 Å². The number of amidine groups is 2. The van der Waals surface area contributed by atoms with E-state index in [0.29, 0.717) is 21.9 Å². The molecule has 12 heteroatoms. The lowest BCUT2D eigenvalue weighted by atomic mass is 10.1. The Hall–Kier alpha value is -3.67. The van der Waals surface area contributed by atoms with Gasteiger partial charge in [0.05, 0.1) is 17.7 Å². The van der Waals surface area contributed by atoms with Crippen molar-refractivity contribution in [3.05, 3.63) is 53.3 Å². The van der Waals surface area contributed by atoms with Crippen LogP contribution in [0.2, 0.25) is 0 Å². The molecule has 0 bridgehead atoms. The van der Waals surface area contributed by atoms with E-state index in [4.69, 9.17) is 14.6 Å². The summed E-state index contributed by atoms with van der Waals surface area (Å²) < 4.78 is 49.3. The molecule has 1 aromatic carbocycles. The van der Waals surface area contributed by atoms with Crippen molar-refractivity contribution >= 4 is 45.8 Å². The highest BCUT2D eigenvalue weighted by Crippen LogP contribution is 2.35. The first kappa shape index (κ1) is 21.6. The Morgan fingerprint density at radius 3 is 2.62 bits per heavy atom. The second-order valence-electron chi connectivity index (χ2n) is 6.42. The van der Waals surface area contributed by atoms with E-state index in [1.54, 1.807) is 37.3 Å². The zero-order valence-electron chi connectivity index (χ0n) is 16.3. The van der Waals surface area contributed by atoms with Crippen molar-refractivity contribution in [2.75, 3.05) is 6.61 Å². The predicted octanol–water partition coefficient (Wildman–Crippen LogP) is 4.30. The number of hydrogen-bond donors (Lipinski definition) is 1. The van der Waals surface area contributed by atoms with Crippen LogP contribution in [-0.4, -0.2) is 45.7 Å². The number of ether oxygens (including phenoxy) is 1. The Morgan fingerprint density at radius 1 is 1.25 bits per heavy atom. The molecular weight excluding hydrogens is 449 g/mol. The number of furan rings is 1. The number of thioether (sulfide) groups is 1. The summed E-state index contributed by atoms with van der Waals surface area (Å²) in [6, 6.07) is 9.60. The number of carbonyl (C=O) groups is 2. The third-order valence-corrected chi connectivity index (χ3v) is 5.24. The molecule has 2 aliphatic rings. The zero-order chi connectivity index (χ0) is 23.0. The third kappa shape index (κ3) is 4.08. The summed E-state index contributed by atoms with van der Waals surface area (Å²) >= 11 is 0.181. The van der Waals surface area contributed by atoms with E-state index in [-0.39, 0.29) is 34.9 Å². The summed E-state index contributed by atoms with van der Waals surface area (Å²) in [4.78, 5) is 27.6. The van der Waals surface area contributed by atoms with Crippen LogP contribution < -0.4 is 0 Å². The number of alkyl halides is 3. The number of nitrogens with one attached hydrogen (secondary N) is 1. The van der Waals surface area contributed by atoms with Crippen molar-refractivity contribution in [2.24, 2.45) is 10.1 Å². The van der Waals surface area contributed by atoms with E-state index in [2.05, 4.69) is 10.1 Å². The molecule has 3 heterocycles. The first-order chi connectivity index (χ1) is 15.2. The fourth-order valence-electron chi connectivity index (χ4n) is 2.82. The molecule has 4 rings (SSSR count). The van der Waals surface area contributed by atoms with Gasteiger partial charge in [0.25, 0.3) is 5.91 Å². The van der Waals surface area contributed by atoms with Crippen LogP contribution in [0.3, 0.4) is 0 Å². The monoisotopic (exact) mass is 462 g/mol. The predicted molar refractivity (Wildman–Crippen MR) is 111 cm³/mol. The average Bonchev–Trinajstić information content (AvgIpc) is 3.38. The molecule has 0 spiro atoms. The van der Waals surface area contributed by atoms with Crippen LogP contribution in [0.4, 0.5) is 13.2 Å². The number of halogens is 3. The van der Waals surface area contributed by atoms with Gasteiger partial charge in [-0.05, 0) is 49.0 Å². The Labute approximate surface area is 182 Å². The number of esters is 1. The van der Waals surface area contributed by atoms with Crippen molar-refractivity contribution in [3.8, 4) is 11.3 Å². The molecule has 32 heavy (non-hydrogen) atoms. The lowest BCUT2D eigenvalue weighted by Crippen LogP contribution is -2.35. The molecular formula is C20H13F3N4O4S. The van der Waals surface area contributed by atoms with E-state index in [1.165, 1.54) is 12.1 Å². The first-order valence-corrected chi connectivity index (χ1v) is 9.94. The highest BCUT2D eigenvalue weighted by molar-refractivity contribution is 8.27. The standard InChI is InChI=1S/C20H13F3N4O4S/c1-2-30-17(29)11-5-3-10(4-6-11)14-8-7-12(31-14)9-13-15(24)27-19(25-16(13)28)32-18(26-27)20(21,22)23/h3-9,24H,2H2,1H3/b13-9+,24-15?. The molecule has 0 saturated heterocycles. The minimum absolute atomic E-state index is 0.181. The molecule has 0 unspecified atom stereocenters. The fraction of sp³-hybridized carbons (Fsp3) is 0.150.